The highest BCUT2D eigenvalue weighted by atomic mass is 35.5. The number of carbonyl (C=O) groups excluding carboxylic acids is 2. The van der Waals surface area contributed by atoms with E-state index < -0.39 is 0 Å². The number of carbonyl (C=O) groups is 2. The standard InChI is InChI=1S/C19H20Cl2N2O3/c1-12-3-5-15(9-13(12)2)26-11-18(24)22-7-8-23-19(25)14-4-6-16(20)17(21)10-14/h3-6,9-10H,7-8,11H2,1-2H3,(H,22,24)(H,23,25). The maximum atomic E-state index is 12.0. The highest BCUT2D eigenvalue weighted by Crippen LogP contribution is 2.22. The molecule has 0 aromatic heterocycles. The van der Waals surface area contributed by atoms with Crippen molar-refractivity contribution in [2.45, 2.75) is 13.8 Å². The molecule has 138 valence electrons. The second kappa shape index (κ2) is 9.46. The van der Waals surface area contributed by atoms with Crippen LogP contribution in [0.4, 0.5) is 0 Å². The van der Waals surface area contributed by atoms with Gasteiger partial charge in [-0.15, -0.1) is 0 Å². The van der Waals surface area contributed by atoms with E-state index >= 15 is 0 Å². The van der Waals surface area contributed by atoms with Crippen molar-refractivity contribution in [1.82, 2.24) is 10.6 Å². The first kappa shape index (κ1) is 20.1. The van der Waals surface area contributed by atoms with Crippen molar-refractivity contribution in [3.05, 3.63) is 63.1 Å². The summed E-state index contributed by atoms with van der Waals surface area (Å²) in [7, 11) is 0. The van der Waals surface area contributed by atoms with E-state index in [1.165, 1.54) is 11.6 Å². The van der Waals surface area contributed by atoms with E-state index in [1.807, 2.05) is 32.0 Å². The molecule has 2 N–H and O–H groups in total. The van der Waals surface area contributed by atoms with Crippen molar-refractivity contribution in [3.63, 3.8) is 0 Å². The van der Waals surface area contributed by atoms with Gasteiger partial charge in [0.25, 0.3) is 11.8 Å². The van der Waals surface area contributed by atoms with E-state index in [2.05, 4.69) is 10.6 Å². The number of nitrogens with one attached hydrogen (secondary N) is 2. The second-order valence-electron chi connectivity index (χ2n) is 5.77. The van der Waals surface area contributed by atoms with Crippen molar-refractivity contribution in [2.24, 2.45) is 0 Å². The molecule has 0 atom stereocenters. The minimum absolute atomic E-state index is 0.0801. The zero-order valence-electron chi connectivity index (χ0n) is 14.6. The summed E-state index contributed by atoms with van der Waals surface area (Å²) in [6.07, 6.45) is 0. The van der Waals surface area contributed by atoms with E-state index in [-0.39, 0.29) is 25.0 Å². The Hall–Kier alpha value is -2.24. The van der Waals surface area contributed by atoms with Crippen molar-refractivity contribution in [3.8, 4) is 5.75 Å². The van der Waals surface area contributed by atoms with Crippen LogP contribution in [0.25, 0.3) is 0 Å². The van der Waals surface area contributed by atoms with Crippen molar-refractivity contribution in [1.29, 1.82) is 0 Å². The van der Waals surface area contributed by atoms with Gasteiger partial charge in [-0.05, 0) is 55.3 Å². The van der Waals surface area contributed by atoms with Crippen LogP contribution in [-0.4, -0.2) is 31.5 Å². The van der Waals surface area contributed by atoms with Gasteiger partial charge in [0.1, 0.15) is 5.75 Å². The van der Waals surface area contributed by atoms with Crippen molar-refractivity contribution < 1.29 is 14.3 Å². The van der Waals surface area contributed by atoms with Gasteiger partial charge in [-0.1, -0.05) is 29.3 Å². The molecule has 0 aliphatic carbocycles. The van der Waals surface area contributed by atoms with E-state index in [4.69, 9.17) is 27.9 Å². The van der Waals surface area contributed by atoms with E-state index in [1.54, 1.807) is 12.1 Å². The van der Waals surface area contributed by atoms with Crippen molar-refractivity contribution >= 4 is 35.0 Å². The Bertz CT molecular complexity index is 809. The van der Waals surface area contributed by atoms with Gasteiger partial charge in [0.05, 0.1) is 10.0 Å². The lowest BCUT2D eigenvalue weighted by molar-refractivity contribution is -0.123. The normalized spacial score (nSPS) is 10.3. The van der Waals surface area contributed by atoms with Gasteiger partial charge < -0.3 is 15.4 Å². The largest absolute Gasteiger partial charge is 0.484 e. The molecule has 0 radical (unpaired) electrons. The third-order valence-corrected chi connectivity index (χ3v) is 4.50. The summed E-state index contributed by atoms with van der Waals surface area (Å²) in [6, 6.07) is 10.3. The lowest BCUT2D eigenvalue weighted by atomic mass is 10.1. The number of ether oxygens (including phenoxy) is 1. The quantitative estimate of drug-likeness (QED) is 0.705. The number of benzene rings is 2. The van der Waals surface area contributed by atoms with Gasteiger partial charge in [-0.3, -0.25) is 9.59 Å². The zero-order chi connectivity index (χ0) is 19.1. The fraction of sp³-hybridized carbons (Fsp3) is 0.263. The summed E-state index contributed by atoms with van der Waals surface area (Å²) in [5.41, 5.74) is 2.68. The Morgan fingerprint density at radius 3 is 2.35 bits per heavy atom. The lowest BCUT2D eigenvalue weighted by Crippen LogP contribution is -2.36. The third-order valence-electron chi connectivity index (χ3n) is 3.76. The van der Waals surface area contributed by atoms with E-state index in [9.17, 15) is 9.59 Å². The summed E-state index contributed by atoms with van der Waals surface area (Å²) >= 11 is 11.7. The van der Waals surface area contributed by atoms with Crippen LogP contribution in [0.2, 0.25) is 10.0 Å². The average molecular weight is 395 g/mol. The first-order valence-electron chi connectivity index (χ1n) is 8.07. The Kier molecular flexibility index (Phi) is 7.30. The Morgan fingerprint density at radius 2 is 1.65 bits per heavy atom. The molecule has 0 aliphatic heterocycles. The second-order valence-corrected chi connectivity index (χ2v) is 6.58. The third kappa shape index (κ3) is 5.93. The fourth-order valence-corrected chi connectivity index (χ4v) is 2.42. The van der Waals surface area contributed by atoms with Crippen LogP contribution < -0.4 is 15.4 Å². The lowest BCUT2D eigenvalue weighted by Gasteiger charge is -2.10. The maximum Gasteiger partial charge on any atom is 0.258 e. The molecule has 0 saturated carbocycles. The molecule has 2 aromatic rings. The monoisotopic (exact) mass is 394 g/mol. The van der Waals surface area contributed by atoms with Crippen LogP contribution >= 0.6 is 23.2 Å². The fourth-order valence-electron chi connectivity index (χ4n) is 2.12. The van der Waals surface area contributed by atoms with Crippen LogP contribution in [0.5, 0.6) is 5.75 Å². The predicted octanol–water partition coefficient (Wildman–Crippen LogP) is 3.54. The maximum absolute atomic E-state index is 12.0. The molecule has 0 spiro atoms. The number of rotatable bonds is 7. The van der Waals surface area contributed by atoms with E-state index in [0.717, 1.165) is 5.56 Å². The van der Waals surface area contributed by atoms with Gasteiger partial charge in [0.2, 0.25) is 0 Å². The zero-order valence-corrected chi connectivity index (χ0v) is 16.1. The van der Waals surface area contributed by atoms with Crippen molar-refractivity contribution in [2.75, 3.05) is 19.7 Å². The summed E-state index contributed by atoms with van der Waals surface area (Å²) in [5, 5.41) is 6.08. The molecule has 7 heteroatoms. The highest BCUT2D eigenvalue weighted by Gasteiger charge is 2.08. The SMILES string of the molecule is Cc1ccc(OCC(=O)NCCNC(=O)c2ccc(Cl)c(Cl)c2)cc1C. The molecule has 0 aliphatic rings. The smallest absolute Gasteiger partial charge is 0.258 e. The number of hydrogen-bond donors (Lipinski definition) is 2. The molecule has 0 bridgehead atoms. The van der Waals surface area contributed by atoms with Gasteiger partial charge in [-0.25, -0.2) is 0 Å². The van der Waals surface area contributed by atoms with Crippen LogP contribution in [0.15, 0.2) is 36.4 Å². The summed E-state index contributed by atoms with van der Waals surface area (Å²) in [6.45, 7) is 4.50. The summed E-state index contributed by atoms with van der Waals surface area (Å²) < 4.78 is 5.45. The highest BCUT2D eigenvalue weighted by molar-refractivity contribution is 6.42. The molecule has 0 saturated heterocycles. The Morgan fingerprint density at radius 1 is 0.923 bits per heavy atom. The van der Waals surface area contributed by atoms with Gasteiger partial charge >= 0.3 is 0 Å². The van der Waals surface area contributed by atoms with Gasteiger partial charge in [0.15, 0.2) is 6.61 Å². The first-order valence-corrected chi connectivity index (χ1v) is 8.82. The van der Waals surface area contributed by atoms with Gasteiger partial charge in [0, 0.05) is 18.7 Å². The van der Waals surface area contributed by atoms with Crippen LogP contribution in [0, 0.1) is 13.8 Å². The van der Waals surface area contributed by atoms with Crippen LogP contribution in [0.3, 0.4) is 0 Å². The topological polar surface area (TPSA) is 67.4 Å². The van der Waals surface area contributed by atoms with Crippen LogP contribution in [0.1, 0.15) is 21.5 Å². The number of aryl methyl sites for hydroxylation is 2. The van der Waals surface area contributed by atoms with Gasteiger partial charge in [-0.2, -0.15) is 0 Å². The minimum atomic E-state index is -0.288. The number of hydrogen-bond acceptors (Lipinski definition) is 3. The minimum Gasteiger partial charge on any atom is -0.484 e. The molecule has 2 rings (SSSR count). The molecule has 0 heterocycles. The average Bonchev–Trinajstić information content (AvgIpc) is 2.61. The van der Waals surface area contributed by atoms with E-state index in [0.29, 0.717) is 27.9 Å². The molecular weight excluding hydrogens is 375 g/mol. The molecule has 2 aromatic carbocycles. The molecular formula is C19H20Cl2N2O3. The molecule has 0 unspecified atom stereocenters. The Balaban J connectivity index is 1.68. The molecule has 0 fully saturated rings. The van der Waals surface area contributed by atoms with Crippen LogP contribution in [-0.2, 0) is 4.79 Å². The summed E-state index contributed by atoms with van der Waals surface area (Å²) in [4.78, 5) is 23.8. The molecule has 2 amide bonds. The summed E-state index contributed by atoms with van der Waals surface area (Å²) in [5.74, 6) is 0.104. The Labute approximate surface area is 162 Å². The predicted molar refractivity (Wildman–Crippen MR) is 103 cm³/mol. The first-order chi connectivity index (χ1) is 12.4. The molecule has 26 heavy (non-hydrogen) atoms. The molecule has 5 nitrogen and oxygen atoms in total. The number of halogens is 2. The number of amides is 2.